The lowest BCUT2D eigenvalue weighted by atomic mass is 9.52. The third-order valence-corrected chi connectivity index (χ3v) is 16.5. The van der Waals surface area contributed by atoms with Gasteiger partial charge in [0.15, 0.2) is 0 Å². The molecule has 2 unspecified atom stereocenters. The first kappa shape index (κ1) is 28.8. The molecule has 6 atom stereocenters. The molecule has 0 saturated heterocycles. The van der Waals surface area contributed by atoms with Crippen molar-refractivity contribution in [3.05, 3.63) is 60.7 Å². The second-order valence-corrected chi connectivity index (χ2v) is 18.3. The highest BCUT2D eigenvalue weighted by Gasteiger charge is 2.54. The first-order valence-electron chi connectivity index (χ1n) is 15.6. The van der Waals surface area contributed by atoms with Crippen LogP contribution < -0.4 is 10.4 Å². The number of hydrogen-bond donors (Lipinski definition) is 2. The molecule has 3 fully saturated rings. The molecule has 212 valence electrons. The van der Waals surface area contributed by atoms with Crippen LogP contribution in [-0.2, 0) is 4.79 Å². The zero-order valence-electron chi connectivity index (χ0n) is 24.7. The van der Waals surface area contributed by atoms with E-state index in [9.17, 15) is 14.7 Å². The van der Waals surface area contributed by atoms with E-state index in [-0.39, 0.29) is 22.0 Å². The summed E-state index contributed by atoms with van der Waals surface area (Å²) in [6, 6.07) is 20.7. The Kier molecular flexibility index (Phi) is 8.05. The van der Waals surface area contributed by atoms with Crippen molar-refractivity contribution >= 4 is 24.5 Å². The highest BCUT2D eigenvalue weighted by Crippen LogP contribution is 2.59. The van der Waals surface area contributed by atoms with Crippen LogP contribution in [0.2, 0.25) is 5.04 Å². The summed E-state index contributed by atoms with van der Waals surface area (Å²) < 4.78 is 0. The average molecular weight is 547 g/mol. The van der Waals surface area contributed by atoms with Gasteiger partial charge in [-0.1, -0.05) is 94.8 Å². The van der Waals surface area contributed by atoms with E-state index in [0.717, 1.165) is 74.6 Å². The maximum absolute atomic E-state index is 12.7. The molecule has 2 N–H and O–H groups in total. The zero-order valence-corrected chi connectivity index (χ0v) is 25.7. The maximum Gasteiger partial charge on any atom is 0.258 e. The van der Waals surface area contributed by atoms with E-state index < -0.39 is 8.32 Å². The molecule has 0 aliphatic heterocycles. The smallest absolute Gasteiger partial charge is 0.258 e. The number of carbonyl (C=O) groups is 1. The summed E-state index contributed by atoms with van der Waals surface area (Å²) >= 11 is 0. The lowest BCUT2D eigenvalue weighted by Gasteiger charge is -2.53. The van der Waals surface area contributed by atoms with Gasteiger partial charge in [0.1, 0.15) is 5.78 Å². The van der Waals surface area contributed by atoms with E-state index in [1.54, 1.807) is 0 Å². The van der Waals surface area contributed by atoms with Crippen molar-refractivity contribution in [2.24, 2.45) is 28.6 Å². The van der Waals surface area contributed by atoms with Crippen LogP contribution in [0.5, 0.6) is 0 Å². The van der Waals surface area contributed by atoms with Gasteiger partial charge < -0.3 is 9.90 Å². The molecule has 2 aromatic rings. The molecular formula is C35H50O3Si. The third kappa shape index (κ3) is 5.11. The number of aliphatic hydroxyl groups excluding tert-OH is 1. The molecule has 0 bridgehead atoms. The molecule has 0 spiro atoms. The molecule has 3 nitrogen and oxygen atoms in total. The number of benzene rings is 2. The Hall–Kier alpha value is -1.75. The van der Waals surface area contributed by atoms with E-state index in [2.05, 4.69) is 52.0 Å². The fourth-order valence-corrected chi connectivity index (χ4v) is 12.8. The Morgan fingerprint density at radius 2 is 1.49 bits per heavy atom. The Labute approximate surface area is 237 Å². The van der Waals surface area contributed by atoms with Crippen LogP contribution in [0.3, 0.4) is 0 Å². The van der Waals surface area contributed by atoms with E-state index >= 15 is 0 Å². The first-order valence-corrected chi connectivity index (χ1v) is 17.5. The highest BCUT2D eigenvalue weighted by atomic mass is 28.4. The zero-order chi connectivity index (χ0) is 27.9. The molecule has 3 aliphatic rings. The van der Waals surface area contributed by atoms with Crippen molar-refractivity contribution in [2.45, 2.75) is 109 Å². The molecule has 39 heavy (non-hydrogen) atoms. The minimum Gasteiger partial charge on any atom is -0.424 e. The highest BCUT2D eigenvalue weighted by molar-refractivity contribution is 6.98. The van der Waals surface area contributed by atoms with Crippen molar-refractivity contribution in [1.29, 1.82) is 0 Å². The van der Waals surface area contributed by atoms with Crippen LogP contribution >= 0.6 is 0 Å². The molecule has 0 radical (unpaired) electrons. The van der Waals surface area contributed by atoms with Gasteiger partial charge in [-0.2, -0.15) is 0 Å². The van der Waals surface area contributed by atoms with Crippen molar-refractivity contribution in [3.8, 4) is 0 Å². The summed E-state index contributed by atoms with van der Waals surface area (Å²) in [4.78, 5) is 25.2. The van der Waals surface area contributed by atoms with Gasteiger partial charge in [-0.3, -0.25) is 4.79 Å². The Bertz CT molecular complexity index is 1090. The second-order valence-electron chi connectivity index (χ2n) is 14.4. The molecule has 5 rings (SSSR count). The van der Waals surface area contributed by atoms with E-state index in [0.29, 0.717) is 23.5 Å². The topological polar surface area (TPSA) is 57.5 Å². The van der Waals surface area contributed by atoms with Gasteiger partial charge in [-0.15, -0.1) is 0 Å². The van der Waals surface area contributed by atoms with Crippen LogP contribution in [0.15, 0.2) is 60.7 Å². The van der Waals surface area contributed by atoms with Gasteiger partial charge >= 0.3 is 0 Å². The molecule has 0 amide bonds. The summed E-state index contributed by atoms with van der Waals surface area (Å²) in [7, 11) is -3.01. The summed E-state index contributed by atoms with van der Waals surface area (Å²) in [6.07, 6.45) is 11.1. The minimum atomic E-state index is -3.01. The SMILES string of the molecule is CC(C)(CCC[C@H]1C[C@@H](O)CC[C@]1(C)C1CC[C@]2(C)C(=O)CCC2C1)[Si](O)(c1ccccc1)c1ccccc1. The van der Waals surface area contributed by atoms with Crippen LogP contribution in [0.1, 0.15) is 98.3 Å². The number of carbonyl (C=O) groups excluding carboxylic acids is 1. The van der Waals surface area contributed by atoms with Gasteiger partial charge in [0, 0.05) is 11.8 Å². The summed E-state index contributed by atoms with van der Waals surface area (Å²) in [5, 5.41) is 12.7. The fraction of sp³-hybridized carbons (Fsp3) is 0.629. The lowest BCUT2D eigenvalue weighted by molar-refractivity contribution is -0.130. The Balaban J connectivity index is 1.33. The number of ketones is 1. The van der Waals surface area contributed by atoms with Crippen LogP contribution in [0.25, 0.3) is 0 Å². The third-order valence-electron chi connectivity index (χ3n) is 12.0. The standard InChI is InChI=1S/C35H50O3Si/c1-33(2,39(38,30-13-7-5-8-14-30)31-15-9-6-10-16-31)21-11-12-26-25-29(36)20-23-34(26,3)28-19-22-35(4)27(24-28)17-18-32(35)37/h5-10,13-16,26-29,36,38H,11-12,17-25H2,1-4H3/t26-,27?,28?,29-,34-,35-/m0/s1. The quantitative estimate of drug-likeness (QED) is 0.365. The van der Waals surface area contributed by atoms with Gasteiger partial charge in [0.05, 0.1) is 6.10 Å². The Morgan fingerprint density at radius 1 is 0.872 bits per heavy atom. The average Bonchev–Trinajstić information content (AvgIpc) is 3.24. The van der Waals surface area contributed by atoms with Crippen molar-refractivity contribution < 1.29 is 14.7 Å². The van der Waals surface area contributed by atoms with Gasteiger partial charge in [-0.25, -0.2) is 0 Å². The van der Waals surface area contributed by atoms with Crippen molar-refractivity contribution in [3.63, 3.8) is 0 Å². The van der Waals surface area contributed by atoms with Crippen LogP contribution in [-0.4, -0.2) is 30.1 Å². The van der Waals surface area contributed by atoms with Crippen molar-refractivity contribution in [2.75, 3.05) is 0 Å². The van der Waals surface area contributed by atoms with Crippen molar-refractivity contribution in [1.82, 2.24) is 0 Å². The maximum atomic E-state index is 12.7. The Morgan fingerprint density at radius 3 is 2.10 bits per heavy atom. The molecule has 2 aromatic carbocycles. The predicted octanol–water partition coefficient (Wildman–Crippen LogP) is 6.64. The number of aliphatic hydroxyl groups is 1. The normalized spacial score (nSPS) is 33.6. The molecule has 3 saturated carbocycles. The van der Waals surface area contributed by atoms with Gasteiger partial charge in [0.25, 0.3) is 8.32 Å². The summed E-state index contributed by atoms with van der Waals surface area (Å²) in [5.41, 5.74) is 0.146. The second kappa shape index (κ2) is 10.9. The fourth-order valence-electron chi connectivity index (χ4n) is 9.05. The van der Waals surface area contributed by atoms with Crippen LogP contribution in [0, 0.1) is 28.6 Å². The number of fused-ring (bicyclic) bond motifs is 1. The minimum absolute atomic E-state index is 0.0788. The van der Waals surface area contributed by atoms with E-state index in [1.165, 1.54) is 6.42 Å². The van der Waals surface area contributed by atoms with Gasteiger partial charge in [0.2, 0.25) is 0 Å². The largest absolute Gasteiger partial charge is 0.424 e. The molecule has 0 aromatic heterocycles. The summed E-state index contributed by atoms with van der Waals surface area (Å²) in [6.45, 7) is 9.29. The number of rotatable bonds is 8. The monoisotopic (exact) mass is 546 g/mol. The lowest BCUT2D eigenvalue weighted by Crippen LogP contribution is -2.65. The van der Waals surface area contributed by atoms with E-state index in [1.807, 2.05) is 36.4 Å². The summed E-state index contributed by atoms with van der Waals surface area (Å²) in [5.74, 6) is 2.19. The molecular weight excluding hydrogens is 496 g/mol. The van der Waals surface area contributed by atoms with Crippen LogP contribution in [0.4, 0.5) is 0 Å². The molecule has 0 heterocycles. The first-order chi connectivity index (χ1) is 18.5. The number of Topliss-reactive ketones (excluding diaryl/α,β-unsaturated/α-hetero) is 1. The van der Waals surface area contributed by atoms with E-state index in [4.69, 9.17) is 0 Å². The molecule has 3 aliphatic carbocycles. The molecule has 4 heteroatoms. The number of hydrogen-bond acceptors (Lipinski definition) is 3. The van der Waals surface area contributed by atoms with Gasteiger partial charge in [-0.05, 0) is 96.4 Å². The predicted molar refractivity (Wildman–Crippen MR) is 163 cm³/mol.